The molecule has 10 nitrogen and oxygen atoms in total. The van der Waals surface area contributed by atoms with E-state index in [4.69, 9.17) is 4.74 Å². The lowest BCUT2D eigenvalue weighted by atomic mass is 10.1. The van der Waals surface area contributed by atoms with Crippen molar-refractivity contribution in [2.24, 2.45) is 0 Å². The Balaban J connectivity index is 1.66. The number of carbonyl (C=O) groups is 1. The Morgan fingerprint density at radius 1 is 1.03 bits per heavy atom. The predicted molar refractivity (Wildman–Crippen MR) is 136 cm³/mol. The molecule has 0 unspecified atom stereocenters. The number of pyridine rings is 1. The van der Waals surface area contributed by atoms with Crippen molar-refractivity contribution in [1.29, 1.82) is 0 Å². The third-order valence-corrected chi connectivity index (χ3v) is 5.09. The maximum Gasteiger partial charge on any atom is 0.259 e. The van der Waals surface area contributed by atoms with E-state index in [1.807, 2.05) is 46.1 Å². The van der Waals surface area contributed by atoms with Crippen LogP contribution in [-0.4, -0.2) is 47.8 Å². The number of anilines is 2. The second-order valence-electron chi connectivity index (χ2n) is 9.18. The zero-order valence-electron chi connectivity index (χ0n) is 21.1. The minimum Gasteiger partial charge on any atom is -0.472 e. The van der Waals surface area contributed by atoms with Gasteiger partial charge in [0.2, 0.25) is 0 Å². The van der Waals surface area contributed by atoms with Crippen molar-refractivity contribution < 1.29 is 13.9 Å². The molecule has 188 valence electrons. The molecule has 3 heterocycles. The normalized spacial score (nSPS) is 11.5. The van der Waals surface area contributed by atoms with E-state index < -0.39 is 11.7 Å². The summed E-state index contributed by atoms with van der Waals surface area (Å²) in [5.41, 5.74) is 0.989. The number of hydrogen-bond donors (Lipinski definition) is 2. The van der Waals surface area contributed by atoms with Crippen molar-refractivity contribution in [3.8, 4) is 17.4 Å². The highest BCUT2D eigenvalue weighted by molar-refractivity contribution is 6.05. The van der Waals surface area contributed by atoms with Crippen molar-refractivity contribution in [3.63, 3.8) is 0 Å². The first-order valence-electron chi connectivity index (χ1n) is 11.7. The van der Waals surface area contributed by atoms with Gasteiger partial charge in [-0.1, -0.05) is 6.07 Å². The summed E-state index contributed by atoms with van der Waals surface area (Å²) in [6.45, 7) is 11.7. The molecule has 4 aromatic rings. The van der Waals surface area contributed by atoms with E-state index in [2.05, 4.69) is 35.8 Å². The molecule has 4 rings (SSSR count). The molecule has 0 aliphatic heterocycles. The van der Waals surface area contributed by atoms with Gasteiger partial charge in [-0.15, -0.1) is 10.2 Å². The van der Waals surface area contributed by atoms with E-state index in [1.54, 1.807) is 24.5 Å². The standard InChI is InChI=1S/C25H29FN8O2/c1-13(2)28-22-25(36-15(5)6)31-20-11-17(26)16(10-19(20)30-22)24(35)32-21-9-7-8-18(29-21)23-33-27-12-34(23)14(3)4/h7-15H,1-6H3,(H,28,30)(H,29,32,35). The van der Waals surface area contributed by atoms with Crippen LogP contribution in [0.1, 0.15) is 57.9 Å². The van der Waals surface area contributed by atoms with Crippen LogP contribution in [0.15, 0.2) is 36.7 Å². The second kappa shape index (κ2) is 10.2. The molecule has 0 aliphatic rings. The van der Waals surface area contributed by atoms with Gasteiger partial charge in [0.25, 0.3) is 11.8 Å². The van der Waals surface area contributed by atoms with Crippen LogP contribution in [0, 0.1) is 5.82 Å². The summed E-state index contributed by atoms with van der Waals surface area (Å²) in [6.07, 6.45) is 1.48. The number of rotatable bonds is 8. The fraction of sp³-hybridized carbons (Fsp3) is 0.360. The van der Waals surface area contributed by atoms with Crippen LogP contribution < -0.4 is 15.4 Å². The molecule has 0 fully saturated rings. The van der Waals surface area contributed by atoms with Crippen LogP contribution >= 0.6 is 0 Å². The molecule has 0 aliphatic carbocycles. The lowest BCUT2D eigenvalue weighted by molar-refractivity contribution is 0.102. The minimum absolute atomic E-state index is 0.0642. The monoisotopic (exact) mass is 492 g/mol. The maximum atomic E-state index is 15.0. The molecule has 2 N–H and O–H groups in total. The third-order valence-electron chi connectivity index (χ3n) is 5.09. The molecule has 0 saturated heterocycles. The van der Waals surface area contributed by atoms with Crippen molar-refractivity contribution in [3.05, 3.63) is 48.0 Å². The van der Waals surface area contributed by atoms with E-state index in [0.29, 0.717) is 22.9 Å². The summed E-state index contributed by atoms with van der Waals surface area (Å²) in [4.78, 5) is 26.5. The predicted octanol–water partition coefficient (Wildman–Crippen LogP) is 4.86. The Morgan fingerprint density at radius 2 is 1.78 bits per heavy atom. The molecular formula is C25H29FN8O2. The number of ether oxygens (including phenoxy) is 1. The van der Waals surface area contributed by atoms with Gasteiger partial charge >= 0.3 is 0 Å². The first kappa shape index (κ1) is 25.0. The number of fused-ring (bicyclic) bond motifs is 1. The fourth-order valence-electron chi connectivity index (χ4n) is 3.52. The first-order chi connectivity index (χ1) is 17.1. The van der Waals surface area contributed by atoms with Gasteiger partial charge in [-0.3, -0.25) is 4.79 Å². The summed E-state index contributed by atoms with van der Waals surface area (Å²) in [7, 11) is 0. The number of nitrogens with zero attached hydrogens (tertiary/aromatic N) is 6. The summed E-state index contributed by atoms with van der Waals surface area (Å²) in [6, 6.07) is 7.87. The summed E-state index contributed by atoms with van der Waals surface area (Å²) >= 11 is 0. The van der Waals surface area contributed by atoms with Gasteiger partial charge < -0.3 is 19.9 Å². The van der Waals surface area contributed by atoms with Crippen LogP contribution in [0.2, 0.25) is 0 Å². The summed E-state index contributed by atoms with van der Waals surface area (Å²) in [5, 5.41) is 13.9. The van der Waals surface area contributed by atoms with E-state index in [-0.39, 0.29) is 41.0 Å². The highest BCUT2D eigenvalue weighted by atomic mass is 19.1. The minimum atomic E-state index is -0.731. The molecule has 0 saturated carbocycles. The van der Waals surface area contributed by atoms with Gasteiger partial charge in [0, 0.05) is 18.2 Å². The van der Waals surface area contributed by atoms with Gasteiger partial charge in [-0.05, 0) is 59.7 Å². The third kappa shape index (κ3) is 5.40. The van der Waals surface area contributed by atoms with Gasteiger partial charge in [0.1, 0.15) is 23.7 Å². The topological polar surface area (TPSA) is 120 Å². The van der Waals surface area contributed by atoms with E-state index in [1.165, 1.54) is 12.1 Å². The SMILES string of the molecule is CC(C)Nc1nc2cc(C(=O)Nc3cccc(-c4nncn4C(C)C)n3)c(F)cc2nc1OC(C)C. The average molecular weight is 493 g/mol. The van der Waals surface area contributed by atoms with E-state index in [0.717, 1.165) is 0 Å². The van der Waals surface area contributed by atoms with Crippen molar-refractivity contribution in [1.82, 2.24) is 29.7 Å². The number of amides is 1. The van der Waals surface area contributed by atoms with Crippen molar-refractivity contribution in [2.45, 2.75) is 59.7 Å². The van der Waals surface area contributed by atoms with Crippen LogP contribution in [0.3, 0.4) is 0 Å². The molecule has 1 aromatic carbocycles. The second-order valence-corrected chi connectivity index (χ2v) is 9.18. The molecule has 3 aromatic heterocycles. The van der Waals surface area contributed by atoms with Crippen LogP contribution in [-0.2, 0) is 0 Å². The van der Waals surface area contributed by atoms with Gasteiger partial charge in [0.05, 0.1) is 22.7 Å². The largest absolute Gasteiger partial charge is 0.472 e. The van der Waals surface area contributed by atoms with Gasteiger partial charge in [-0.25, -0.2) is 19.3 Å². The number of halogens is 1. The fourth-order valence-corrected chi connectivity index (χ4v) is 3.52. The molecule has 11 heteroatoms. The van der Waals surface area contributed by atoms with E-state index >= 15 is 0 Å². The first-order valence-corrected chi connectivity index (χ1v) is 11.7. The summed E-state index contributed by atoms with van der Waals surface area (Å²) in [5.74, 6) is 0.130. The molecule has 0 bridgehead atoms. The molecular weight excluding hydrogens is 463 g/mol. The number of hydrogen-bond acceptors (Lipinski definition) is 8. The zero-order chi connectivity index (χ0) is 26.0. The average Bonchev–Trinajstić information content (AvgIpc) is 3.29. The Kier molecular flexibility index (Phi) is 7.09. The van der Waals surface area contributed by atoms with E-state index in [9.17, 15) is 9.18 Å². The van der Waals surface area contributed by atoms with Gasteiger partial charge in [0.15, 0.2) is 11.6 Å². The van der Waals surface area contributed by atoms with Crippen molar-refractivity contribution in [2.75, 3.05) is 10.6 Å². The molecule has 0 radical (unpaired) electrons. The van der Waals surface area contributed by atoms with Crippen molar-refractivity contribution >= 4 is 28.6 Å². The smallest absolute Gasteiger partial charge is 0.259 e. The highest BCUT2D eigenvalue weighted by Crippen LogP contribution is 2.27. The zero-order valence-corrected chi connectivity index (χ0v) is 21.1. The number of carbonyl (C=O) groups excluding carboxylic acids is 1. The van der Waals surface area contributed by atoms with Gasteiger partial charge in [-0.2, -0.15) is 0 Å². The highest BCUT2D eigenvalue weighted by Gasteiger charge is 2.19. The Labute approximate surface area is 208 Å². The number of aromatic nitrogens is 6. The Morgan fingerprint density at radius 3 is 2.47 bits per heavy atom. The van der Waals surface area contributed by atoms with Crippen LogP contribution in [0.25, 0.3) is 22.6 Å². The molecule has 0 spiro atoms. The van der Waals surface area contributed by atoms with Crippen LogP contribution in [0.5, 0.6) is 5.88 Å². The molecule has 36 heavy (non-hydrogen) atoms. The molecule has 0 atom stereocenters. The number of nitrogens with one attached hydrogen (secondary N) is 2. The maximum absolute atomic E-state index is 15.0. The number of benzene rings is 1. The Bertz CT molecular complexity index is 1400. The summed E-state index contributed by atoms with van der Waals surface area (Å²) < 4.78 is 22.6. The lowest BCUT2D eigenvalue weighted by Crippen LogP contribution is -2.17. The Hall–Kier alpha value is -4.15. The lowest BCUT2D eigenvalue weighted by Gasteiger charge is -2.16. The van der Waals surface area contributed by atoms with Crippen LogP contribution in [0.4, 0.5) is 16.0 Å². The molecule has 1 amide bonds. The quantitative estimate of drug-likeness (QED) is 0.358.